The summed E-state index contributed by atoms with van der Waals surface area (Å²) in [6.45, 7) is 11.8. The van der Waals surface area contributed by atoms with Crippen LogP contribution in [-0.4, -0.2) is 96.7 Å². The van der Waals surface area contributed by atoms with Crippen LogP contribution in [0.1, 0.15) is 382 Å². The van der Waals surface area contributed by atoms with E-state index in [2.05, 4.69) is 48.5 Å². The molecule has 0 saturated heterocycles. The minimum Gasteiger partial charge on any atom is -0.462 e. The van der Waals surface area contributed by atoms with Crippen LogP contribution < -0.4 is 0 Å². The zero-order valence-corrected chi connectivity index (χ0v) is 63.2. The van der Waals surface area contributed by atoms with Gasteiger partial charge in [0.2, 0.25) is 0 Å². The molecule has 0 heterocycles. The Balaban J connectivity index is 5.23. The Bertz CT molecular complexity index is 1840. The van der Waals surface area contributed by atoms with Gasteiger partial charge >= 0.3 is 39.5 Å². The van der Waals surface area contributed by atoms with Crippen molar-refractivity contribution in [3.63, 3.8) is 0 Å². The maximum atomic E-state index is 13.1. The van der Waals surface area contributed by atoms with E-state index in [-0.39, 0.29) is 25.7 Å². The van der Waals surface area contributed by atoms with Gasteiger partial charge in [-0.2, -0.15) is 0 Å². The van der Waals surface area contributed by atoms with Crippen molar-refractivity contribution in [3.05, 3.63) is 0 Å². The van der Waals surface area contributed by atoms with E-state index in [0.29, 0.717) is 31.6 Å². The summed E-state index contributed by atoms with van der Waals surface area (Å²) in [6, 6.07) is 0. The highest BCUT2D eigenvalue weighted by Gasteiger charge is 2.30. The highest BCUT2D eigenvalue weighted by atomic mass is 31.2. The lowest BCUT2D eigenvalue weighted by atomic mass is 10.00. The number of esters is 4. The second-order valence-electron chi connectivity index (χ2n) is 28.2. The molecule has 0 fully saturated rings. The Kier molecular flexibility index (Phi) is 64.3. The molecule has 0 aromatic rings. The molecule has 0 aromatic carbocycles. The molecule has 17 nitrogen and oxygen atoms in total. The molecule has 0 aliphatic heterocycles. The summed E-state index contributed by atoms with van der Waals surface area (Å²) in [4.78, 5) is 72.7. The van der Waals surface area contributed by atoms with Gasteiger partial charge < -0.3 is 33.8 Å². The van der Waals surface area contributed by atoms with E-state index >= 15 is 0 Å². The van der Waals surface area contributed by atoms with Crippen molar-refractivity contribution < 1.29 is 80.2 Å². The molecular weight excluding hydrogens is 1230 g/mol. The van der Waals surface area contributed by atoms with Crippen LogP contribution in [0.2, 0.25) is 0 Å². The molecule has 0 bridgehead atoms. The number of rotatable bonds is 73. The van der Waals surface area contributed by atoms with Gasteiger partial charge in [-0.05, 0) is 43.4 Å². The molecular formula is C75H146O17P2. The third kappa shape index (κ3) is 67.3. The molecule has 0 saturated carbocycles. The van der Waals surface area contributed by atoms with Crippen molar-refractivity contribution in [2.45, 2.75) is 401 Å². The molecule has 558 valence electrons. The Morgan fingerprint density at radius 3 is 0.809 bits per heavy atom. The number of hydrogen-bond donors (Lipinski definition) is 3. The summed E-state index contributed by atoms with van der Waals surface area (Å²) < 4.78 is 68.4. The number of phosphoric ester groups is 2. The van der Waals surface area contributed by atoms with E-state index in [1.54, 1.807) is 0 Å². The Morgan fingerprint density at radius 1 is 0.309 bits per heavy atom. The fraction of sp³-hybridized carbons (Fsp3) is 0.947. The number of carbonyl (C=O) groups is 4. The van der Waals surface area contributed by atoms with Gasteiger partial charge in [0.15, 0.2) is 12.2 Å². The Labute approximate surface area is 575 Å². The predicted molar refractivity (Wildman–Crippen MR) is 381 cm³/mol. The maximum Gasteiger partial charge on any atom is 0.472 e. The van der Waals surface area contributed by atoms with Gasteiger partial charge in [-0.3, -0.25) is 37.3 Å². The van der Waals surface area contributed by atoms with Crippen LogP contribution in [0.5, 0.6) is 0 Å². The van der Waals surface area contributed by atoms with Crippen molar-refractivity contribution in [2.75, 3.05) is 39.6 Å². The van der Waals surface area contributed by atoms with Gasteiger partial charge in [0, 0.05) is 25.7 Å². The minimum absolute atomic E-state index is 0.103. The average molecular weight is 1380 g/mol. The number of phosphoric acid groups is 2. The van der Waals surface area contributed by atoms with Crippen LogP contribution in [0.4, 0.5) is 0 Å². The number of hydrogen-bond acceptors (Lipinski definition) is 15. The summed E-state index contributed by atoms with van der Waals surface area (Å²) in [7, 11) is -9.91. The van der Waals surface area contributed by atoms with E-state index in [4.69, 9.17) is 37.0 Å². The highest BCUT2D eigenvalue weighted by Crippen LogP contribution is 2.45. The van der Waals surface area contributed by atoms with Crippen LogP contribution in [-0.2, 0) is 65.4 Å². The second kappa shape index (κ2) is 65.7. The highest BCUT2D eigenvalue weighted by molar-refractivity contribution is 7.47. The molecule has 3 N–H and O–H groups in total. The molecule has 0 aromatic heterocycles. The summed E-state index contributed by atoms with van der Waals surface area (Å²) in [5.74, 6) is 0.0991. The number of aliphatic hydroxyl groups is 1. The first-order valence-electron chi connectivity index (χ1n) is 38.9. The van der Waals surface area contributed by atoms with Gasteiger partial charge in [0.25, 0.3) is 0 Å². The molecule has 3 unspecified atom stereocenters. The first-order valence-corrected chi connectivity index (χ1v) is 41.9. The van der Waals surface area contributed by atoms with Gasteiger partial charge in [0.05, 0.1) is 26.4 Å². The fourth-order valence-electron chi connectivity index (χ4n) is 11.4. The third-order valence-electron chi connectivity index (χ3n) is 17.7. The minimum atomic E-state index is -4.96. The molecule has 19 heteroatoms. The molecule has 0 rings (SSSR count). The van der Waals surface area contributed by atoms with Crippen molar-refractivity contribution in [1.29, 1.82) is 0 Å². The fourth-order valence-corrected chi connectivity index (χ4v) is 13.0. The monoisotopic (exact) mass is 1380 g/mol. The molecule has 0 amide bonds. The molecule has 0 spiro atoms. The Morgan fingerprint density at radius 2 is 0.543 bits per heavy atom. The van der Waals surface area contributed by atoms with Gasteiger partial charge in [-0.1, -0.05) is 331 Å². The maximum absolute atomic E-state index is 13.1. The van der Waals surface area contributed by atoms with E-state index in [0.717, 1.165) is 108 Å². The van der Waals surface area contributed by atoms with Crippen LogP contribution in [0.25, 0.3) is 0 Å². The van der Waals surface area contributed by atoms with Gasteiger partial charge in [0.1, 0.15) is 19.3 Å². The summed E-state index contributed by atoms with van der Waals surface area (Å²) in [5, 5.41) is 10.6. The van der Waals surface area contributed by atoms with Gasteiger partial charge in [-0.25, -0.2) is 9.13 Å². The van der Waals surface area contributed by atoms with E-state index in [1.165, 1.54) is 186 Å². The molecule has 0 aliphatic carbocycles. The first-order chi connectivity index (χ1) is 45.3. The standard InChI is InChI=1S/C75H146O17P2/c1-8-10-11-12-13-14-15-16-17-18-19-23-26-29-34-42-49-56-72(77)85-62-70(91-74(79)58-51-44-35-30-27-24-21-20-22-25-28-32-39-46-53-66(3)4)64-89-93(81,82)87-60-69(76)61-88-94(83,84)90-65-71(92-75(80)59-52-45-36-31-33-40-47-54-67(5)6)63-86-73(78)57-50-43-38-37-41-48-55-68(7)9-2/h66-71,76H,8-65H2,1-7H3,(H,81,82)(H,83,84)/t68?,69-,70-,71-/m1/s1. The summed E-state index contributed by atoms with van der Waals surface area (Å²) in [5.41, 5.74) is 0. The lowest BCUT2D eigenvalue weighted by molar-refractivity contribution is -0.161. The second-order valence-corrected chi connectivity index (χ2v) is 31.1. The van der Waals surface area contributed by atoms with Crippen LogP contribution in [0.3, 0.4) is 0 Å². The predicted octanol–water partition coefficient (Wildman–Crippen LogP) is 21.8. The van der Waals surface area contributed by atoms with Crippen LogP contribution in [0, 0.1) is 17.8 Å². The van der Waals surface area contributed by atoms with Crippen molar-refractivity contribution >= 4 is 39.5 Å². The SMILES string of the molecule is CCCCCCCCCCCCCCCCCCCC(=O)OC[C@H](COP(=O)(O)OC[C@@H](O)COP(=O)(O)OC[C@@H](COC(=O)CCCCCCCCC(C)CC)OC(=O)CCCCCCCCCC(C)C)OC(=O)CCCCCCCCCCCCCCCCC(C)C. The van der Waals surface area contributed by atoms with Crippen LogP contribution >= 0.6 is 15.6 Å². The molecule has 0 aliphatic rings. The smallest absolute Gasteiger partial charge is 0.462 e. The molecule has 6 atom stereocenters. The molecule has 94 heavy (non-hydrogen) atoms. The summed E-state index contributed by atoms with van der Waals surface area (Å²) >= 11 is 0. The topological polar surface area (TPSA) is 237 Å². The number of unbranched alkanes of at least 4 members (excludes halogenated alkanes) is 40. The van der Waals surface area contributed by atoms with E-state index in [1.807, 2.05) is 0 Å². The Hall–Kier alpha value is -1.94. The summed E-state index contributed by atoms with van der Waals surface area (Å²) in [6.07, 6.45) is 51.5. The van der Waals surface area contributed by atoms with E-state index < -0.39 is 97.5 Å². The molecule has 0 radical (unpaired) electrons. The largest absolute Gasteiger partial charge is 0.472 e. The normalized spacial score (nSPS) is 14.4. The number of ether oxygens (including phenoxy) is 4. The van der Waals surface area contributed by atoms with E-state index in [9.17, 15) is 43.2 Å². The zero-order chi connectivity index (χ0) is 69.4. The van der Waals surface area contributed by atoms with Crippen LogP contribution in [0.15, 0.2) is 0 Å². The lowest BCUT2D eigenvalue weighted by Gasteiger charge is -2.21. The van der Waals surface area contributed by atoms with Crippen molar-refractivity contribution in [2.24, 2.45) is 17.8 Å². The van der Waals surface area contributed by atoms with Crippen molar-refractivity contribution in [3.8, 4) is 0 Å². The number of carbonyl (C=O) groups excluding carboxylic acids is 4. The first kappa shape index (κ1) is 92.1. The van der Waals surface area contributed by atoms with Crippen molar-refractivity contribution in [1.82, 2.24) is 0 Å². The quantitative estimate of drug-likeness (QED) is 0.0222. The third-order valence-corrected chi connectivity index (χ3v) is 19.6. The average Bonchev–Trinajstić information content (AvgIpc) is 1.52. The zero-order valence-electron chi connectivity index (χ0n) is 61.4. The number of aliphatic hydroxyl groups excluding tert-OH is 1. The lowest BCUT2D eigenvalue weighted by Crippen LogP contribution is -2.30. The van der Waals surface area contributed by atoms with Gasteiger partial charge in [-0.15, -0.1) is 0 Å².